The van der Waals surface area contributed by atoms with Gasteiger partial charge in [0.15, 0.2) is 0 Å². The van der Waals surface area contributed by atoms with Crippen LogP contribution in [0.1, 0.15) is 9.49 Å². The van der Waals surface area contributed by atoms with Crippen LogP contribution in [0.5, 0.6) is 0 Å². The molecule has 0 fully saturated rings. The Morgan fingerprint density at radius 3 is 2.31 bits per heavy atom. The fourth-order valence-electron chi connectivity index (χ4n) is 1.21. The van der Waals surface area contributed by atoms with Crippen LogP contribution in [0.4, 0.5) is 0 Å². The summed E-state index contributed by atoms with van der Waals surface area (Å²) in [4.78, 5) is 7.36. The van der Waals surface area contributed by atoms with Gasteiger partial charge in [0.05, 0.1) is 0 Å². The molecule has 0 saturated carbocycles. The SMILES string of the molecule is C[I-]C(CI(C)C)c1ccccc1. The number of hydrogen-bond acceptors (Lipinski definition) is 0. The van der Waals surface area contributed by atoms with Crippen molar-refractivity contribution in [2.45, 2.75) is 3.92 Å². The predicted octanol–water partition coefficient (Wildman–Crippen LogP) is 0.213. The Labute approximate surface area is 99.2 Å². The molecule has 0 aliphatic carbocycles. The van der Waals surface area contributed by atoms with Gasteiger partial charge in [-0.3, -0.25) is 0 Å². The van der Waals surface area contributed by atoms with E-state index in [4.69, 9.17) is 0 Å². The van der Waals surface area contributed by atoms with Gasteiger partial charge in [-0.1, -0.05) is 0 Å². The summed E-state index contributed by atoms with van der Waals surface area (Å²) in [5.74, 6) is 0. The molecule has 0 bridgehead atoms. The molecule has 1 aromatic rings. The van der Waals surface area contributed by atoms with Crippen molar-refractivity contribution in [2.75, 3.05) is 19.2 Å². The second-order valence-electron chi connectivity index (χ2n) is 3.16. The van der Waals surface area contributed by atoms with Crippen LogP contribution in [-0.2, 0) is 0 Å². The summed E-state index contributed by atoms with van der Waals surface area (Å²) in [6.07, 6.45) is 0. The van der Waals surface area contributed by atoms with Gasteiger partial charge < -0.3 is 0 Å². The number of rotatable bonds is 4. The molecule has 1 atom stereocenters. The van der Waals surface area contributed by atoms with Crippen LogP contribution in [0.3, 0.4) is 0 Å². The Morgan fingerprint density at radius 1 is 1.23 bits per heavy atom. The molecule has 1 unspecified atom stereocenters. The van der Waals surface area contributed by atoms with Gasteiger partial charge in [-0.25, -0.2) is 0 Å². The van der Waals surface area contributed by atoms with Crippen LogP contribution < -0.4 is 21.2 Å². The zero-order chi connectivity index (χ0) is 9.68. The summed E-state index contributed by atoms with van der Waals surface area (Å²) < 4.78 is 2.44. The number of alkyl halides is 5. The fraction of sp³-hybridized carbons (Fsp3) is 0.455. The van der Waals surface area contributed by atoms with Gasteiger partial charge in [-0.15, -0.1) is 0 Å². The number of benzene rings is 1. The topological polar surface area (TPSA) is 0 Å². The summed E-state index contributed by atoms with van der Waals surface area (Å²) in [5, 5.41) is 0. The monoisotopic (exact) mass is 403 g/mol. The summed E-state index contributed by atoms with van der Waals surface area (Å²) in [7, 11) is 0. The van der Waals surface area contributed by atoms with Crippen LogP contribution in [-0.4, -0.2) is 19.2 Å². The Hall–Kier alpha value is 0.680. The zero-order valence-electron chi connectivity index (χ0n) is 8.43. The second kappa shape index (κ2) is 6.22. The number of hydrogen-bond donors (Lipinski definition) is 0. The molecule has 0 aromatic heterocycles. The quantitative estimate of drug-likeness (QED) is 0.499. The van der Waals surface area contributed by atoms with Crippen molar-refractivity contribution in [3.63, 3.8) is 0 Å². The van der Waals surface area contributed by atoms with E-state index in [9.17, 15) is 0 Å². The molecule has 0 saturated heterocycles. The van der Waals surface area contributed by atoms with E-state index in [1.807, 2.05) is 0 Å². The molecule has 0 nitrogen and oxygen atoms in total. The van der Waals surface area contributed by atoms with Gasteiger partial charge in [-0.2, -0.15) is 0 Å². The van der Waals surface area contributed by atoms with Crippen LogP contribution in [0.2, 0.25) is 0 Å². The van der Waals surface area contributed by atoms with E-state index < -0.39 is 19.8 Å². The summed E-state index contributed by atoms with van der Waals surface area (Å²) in [6, 6.07) is 11.1. The summed E-state index contributed by atoms with van der Waals surface area (Å²) in [5.41, 5.74) is 1.59. The van der Waals surface area contributed by atoms with Crippen molar-refractivity contribution < 1.29 is 21.2 Å². The molecule has 0 aliphatic rings. The molecule has 1 rings (SSSR count). The van der Waals surface area contributed by atoms with Crippen molar-refractivity contribution in [3.05, 3.63) is 35.9 Å². The molecule has 13 heavy (non-hydrogen) atoms. The molecule has 1 aromatic carbocycles. The molecule has 0 amide bonds. The Balaban J connectivity index is 2.67. The van der Waals surface area contributed by atoms with Crippen molar-refractivity contribution in [3.8, 4) is 0 Å². The van der Waals surface area contributed by atoms with Gasteiger partial charge in [0.1, 0.15) is 0 Å². The first-order chi connectivity index (χ1) is 6.24. The van der Waals surface area contributed by atoms with Gasteiger partial charge in [-0.05, 0) is 0 Å². The van der Waals surface area contributed by atoms with E-state index in [1.54, 1.807) is 5.56 Å². The van der Waals surface area contributed by atoms with E-state index >= 15 is 0 Å². The molecule has 0 spiro atoms. The first kappa shape index (κ1) is 11.8. The molecule has 0 radical (unpaired) electrons. The van der Waals surface area contributed by atoms with Crippen molar-refractivity contribution >= 4 is 19.8 Å². The third kappa shape index (κ3) is 4.14. The van der Waals surface area contributed by atoms with Crippen molar-refractivity contribution in [2.24, 2.45) is 0 Å². The van der Waals surface area contributed by atoms with Gasteiger partial charge in [0.2, 0.25) is 0 Å². The van der Waals surface area contributed by atoms with Gasteiger partial charge in [0.25, 0.3) is 0 Å². The molecular formula is C11H17I2-. The molecule has 0 aliphatic heterocycles. The maximum atomic E-state index is 2.47. The van der Waals surface area contributed by atoms with Crippen LogP contribution in [0, 0.1) is 0 Å². The fourth-order valence-corrected chi connectivity index (χ4v) is 11.4. The summed E-state index contributed by atoms with van der Waals surface area (Å²) >= 11 is -0.175. The predicted molar refractivity (Wildman–Crippen MR) is 65.8 cm³/mol. The normalized spacial score (nSPS) is 14.2. The molecule has 2 heteroatoms. The third-order valence-electron chi connectivity index (χ3n) is 1.87. The Morgan fingerprint density at radius 2 is 1.85 bits per heavy atom. The Bertz CT molecular complexity index is 231. The summed E-state index contributed by atoms with van der Waals surface area (Å²) in [6.45, 7) is 0. The maximum absolute atomic E-state index is 2.47. The minimum atomic E-state index is -0.543. The Kier molecular flexibility index (Phi) is 5.62. The van der Waals surface area contributed by atoms with E-state index in [2.05, 4.69) is 45.1 Å². The molecule has 76 valence electrons. The second-order valence-corrected chi connectivity index (χ2v) is 12.0. The van der Waals surface area contributed by atoms with E-state index in [0.717, 1.165) is 3.92 Å². The van der Waals surface area contributed by atoms with E-state index in [0.29, 0.717) is 21.2 Å². The molecule has 0 heterocycles. The van der Waals surface area contributed by atoms with E-state index in [-0.39, 0.29) is 0 Å². The average Bonchev–Trinajstić information content (AvgIpc) is 2.15. The van der Waals surface area contributed by atoms with Gasteiger partial charge in [0, 0.05) is 0 Å². The van der Waals surface area contributed by atoms with Crippen molar-refractivity contribution in [1.82, 2.24) is 0 Å². The minimum absolute atomic E-state index is 0.368. The molecular weight excluding hydrogens is 386 g/mol. The molecule has 0 N–H and O–H groups in total. The standard InChI is InChI=1S/C11H17I2/c1-12-11(9-13(2)3)10-7-5-4-6-8-10/h4-8,11H,9H2,1-3H3/q-1. The third-order valence-corrected chi connectivity index (χ3v) is 8.86. The van der Waals surface area contributed by atoms with Crippen molar-refractivity contribution in [1.29, 1.82) is 0 Å². The number of halogens is 2. The van der Waals surface area contributed by atoms with Crippen LogP contribution >= 0.6 is 19.8 Å². The first-order valence-electron chi connectivity index (χ1n) is 4.23. The van der Waals surface area contributed by atoms with E-state index in [1.165, 1.54) is 4.43 Å². The average molecular weight is 403 g/mol. The van der Waals surface area contributed by atoms with Crippen LogP contribution in [0.25, 0.3) is 0 Å². The van der Waals surface area contributed by atoms with Crippen LogP contribution in [0.15, 0.2) is 30.3 Å². The zero-order valence-corrected chi connectivity index (χ0v) is 12.7. The first-order valence-corrected chi connectivity index (χ1v) is 13.5. The van der Waals surface area contributed by atoms with Gasteiger partial charge >= 0.3 is 100 Å².